The normalized spacial score (nSPS) is 11.8. The molecule has 0 fully saturated rings. The van der Waals surface area contributed by atoms with Crippen molar-refractivity contribution in [1.29, 1.82) is 0 Å². The van der Waals surface area contributed by atoms with Crippen LogP contribution in [-0.4, -0.2) is 17.5 Å². The van der Waals surface area contributed by atoms with Gasteiger partial charge in [-0.05, 0) is 50.1 Å². The highest BCUT2D eigenvalue weighted by Crippen LogP contribution is 2.33. The van der Waals surface area contributed by atoms with Crippen molar-refractivity contribution in [3.05, 3.63) is 72.1 Å². The van der Waals surface area contributed by atoms with E-state index in [2.05, 4.69) is 10.3 Å². The number of hydrogen-bond acceptors (Lipinski definition) is 4. The Morgan fingerprint density at radius 2 is 2.07 bits per heavy atom. The summed E-state index contributed by atoms with van der Waals surface area (Å²) >= 11 is 0. The second kappa shape index (κ2) is 7.80. The second-order valence-corrected chi connectivity index (χ2v) is 6.89. The number of carbonyl (C=O) groups is 1. The van der Waals surface area contributed by atoms with Crippen molar-refractivity contribution in [3.8, 4) is 5.75 Å². The fourth-order valence-electron chi connectivity index (χ4n) is 3.41. The van der Waals surface area contributed by atoms with Gasteiger partial charge in [0.2, 0.25) is 5.91 Å². The minimum Gasteiger partial charge on any atom is -0.493 e. The van der Waals surface area contributed by atoms with Gasteiger partial charge in [0.25, 0.3) is 0 Å². The number of ether oxygens (including phenoxy) is 1. The molecule has 146 valence electrons. The number of hydrogen-bond donors (Lipinski definition) is 1. The first-order valence-corrected chi connectivity index (χ1v) is 9.55. The van der Waals surface area contributed by atoms with Crippen LogP contribution in [0, 0.1) is 6.92 Å². The highest BCUT2D eigenvalue weighted by atomic mass is 16.5. The number of para-hydroxylation sites is 1. The summed E-state index contributed by atoms with van der Waals surface area (Å²) in [5.74, 6) is 0.481. The Bertz CT molecular complexity index is 1230. The van der Waals surface area contributed by atoms with E-state index in [-0.39, 0.29) is 5.91 Å². The first-order valence-electron chi connectivity index (χ1n) is 9.55. The fourth-order valence-corrected chi connectivity index (χ4v) is 3.41. The number of fused-ring (bicyclic) bond motifs is 2. The van der Waals surface area contributed by atoms with Crippen LogP contribution in [0.5, 0.6) is 5.75 Å². The van der Waals surface area contributed by atoms with E-state index in [0.717, 1.165) is 38.6 Å². The number of anilines is 1. The standard InChI is InChI=1S/C24H22N2O3/c1-4-28-21-13-22-19(16(3)14-29-22)12-18(21)15(2)11-23(27)26-20-9-5-7-17-8-6-10-25-24(17)20/h5-14H,4H2,1-3H3,(H,26,27)/b15-11+. The lowest BCUT2D eigenvalue weighted by Crippen LogP contribution is -2.09. The van der Waals surface area contributed by atoms with Crippen molar-refractivity contribution >= 4 is 39.0 Å². The molecule has 0 aliphatic rings. The van der Waals surface area contributed by atoms with Gasteiger partial charge in [-0.25, -0.2) is 0 Å². The molecule has 0 spiro atoms. The minimum absolute atomic E-state index is 0.216. The zero-order valence-corrected chi connectivity index (χ0v) is 16.7. The highest BCUT2D eigenvalue weighted by Gasteiger charge is 2.13. The van der Waals surface area contributed by atoms with Gasteiger partial charge in [0, 0.05) is 34.7 Å². The maximum absolute atomic E-state index is 12.7. The third kappa shape index (κ3) is 3.72. The van der Waals surface area contributed by atoms with Crippen LogP contribution in [0.25, 0.3) is 27.4 Å². The zero-order valence-electron chi connectivity index (χ0n) is 16.7. The number of furan rings is 1. The average molecular weight is 386 g/mol. The molecule has 0 saturated heterocycles. The Morgan fingerprint density at radius 1 is 1.24 bits per heavy atom. The zero-order chi connectivity index (χ0) is 20.4. The van der Waals surface area contributed by atoms with Crippen molar-refractivity contribution in [2.24, 2.45) is 0 Å². The molecule has 5 heteroatoms. The van der Waals surface area contributed by atoms with Gasteiger partial charge < -0.3 is 14.5 Å². The van der Waals surface area contributed by atoms with Gasteiger partial charge in [0.05, 0.1) is 24.1 Å². The molecule has 0 unspecified atom stereocenters. The lowest BCUT2D eigenvalue weighted by molar-refractivity contribution is -0.111. The van der Waals surface area contributed by atoms with Crippen molar-refractivity contribution < 1.29 is 13.9 Å². The maximum Gasteiger partial charge on any atom is 0.248 e. The van der Waals surface area contributed by atoms with Gasteiger partial charge in [-0.2, -0.15) is 0 Å². The summed E-state index contributed by atoms with van der Waals surface area (Å²) in [6.07, 6.45) is 5.03. The molecule has 2 aromatic carbocycles. The van der Waals surface area contributed by atoms with Crippen LogP contribution in [0.4, 0.5) is 5.69 Å². The van der Waals surface area contributed by atoms with E-state index in [4.69, 9.17) is 9.15 Å². The van der Waals surface area contributed by atoms with Crippen molar-refractivity contribution in [1.82, 2.24) is 4.98 Å². The number of benzene rings is 2. The number of carbonyl (C=O) groups excluding carboxylic acids is 1. The van der Waals surface area contributed by atoms with Crippen LogP contribution in [0.1, 0.15) is 25.0 Å². The van der Waals surface area contributed by atoms with E-state index in [0.29, 0.717) is 18.0 Å². The SMILES string of the molecule is CCOc1cc2occ(C)c2cc1/C(C)=C/C(=O)Nc1cccc2cccnc12. The van der Waals surface area contributed by atoms with Gasteiger partial charge >= 0.3 is 0 Å². The van der Waals surface area contributed by atoms with Crippen LogP contribution in [0.15, 0.2) is 65.4 Å². The number of nitrogens with zero attached hydrogens (tertiary/aromatic N) is 1. The van der Waals surface area contributed by atoms with Crippen LogP contribution < -0.4 is 10.1 Å². The number of allylic oxidation sites excluding steroid dienone is 1. The molecule has 1 amide bonds. The first kappa shape index (κ1) is 18.7. The molecule has 2 heterocycles. The monoisotopic (exact) mass is 386 g/mol. The molecule has 4 rings (SSSR count). The number of pyridine rings is 1. The van der Waals surface area contributed by atoms with Gasteiger partial charge in [-0.15, -0.1) is 0 Å². The molecule has 1 N–H and O–H groups in total. The number of nitrogens with one attached hydrogen (secondary N) is 1. The molecule has 0 radical (unpaired) electrons. The van der Waals surface area contributed by atoms with Gasteiger partial charge in [0.1, 0.15) is 11.3 Å². The van der Waals surface area contributed by atoms with Crippen LogP contribution in [0.3, 0.4) is 0 Å². The molecule has 0 aliphatic carbocycles. The van der Waals surface area contributed by atoms with E-state index in [1.807, 2.05) is 63.2 Å². The quantitative estimate of drug-likeness (QED) is 0.445. The highest BCUT2D eigenvalue weighted by molar-refractivity contribution is 6.08. The van der Waals surface area contributed by atoms with Gasteiger partial charge in [0.15, 0.2) is 0 Å². The summed E-state index contributed by atoms with van der Waals surface area (Å²) in [4.78, 5) is 17.1. The average Bonchev–Trinajstić information content (AvgIpc) is 3.08. The molecule has 4 aromatic rings. The Kier molecular flexibility index (Phi) is 5.04. The molecule has 0 atom stereocenters. The molecule has 0 aliphatic heterocycles. The maximum atomic E-state index is 12.7. The van der Waals surface area contributed by atoms with Crippen molar-refractivity contribution in [2.75, 3.05) is 11.9 Å². The number of amides is 1. The van der Waals surface area contributed by atoms with Crippen LogP contribution in [0.2, 0.25) is 0 Å². The summed E-state index contributed by atoms with van der Waals surface area (Å²) in [6.45, 7) is 6.36. The lowest BCUT2D eigenvalue weighted by Gasteiger charge is -2.12. The molecule has 0 saturated carbocycles. The molecular formula is C24H22N2O3. The number of rotatable bonds is 5. The third-order valence-corrected chi connectivity index (χ3v) is 4.83. The second-order valence-electron chi connectivity index (χ2n) is 6.89. The summed E-state index contributed by atoms with van der Waals surface area (Å²) in [6, 6.07) is 13.5. The molecule has 0 bridgehead atoms. The van der Waals surface area contributed by atoms with E-state index in [1.54, 1.807) is 18.5 Å². The lowest BCUT2D eigenvalue weighted by atomic mass is 10.0. The molecule has 5 nitrogen and oxygen atoms in total. The smallest absolute Gasteiger partial charge is 0.248 e. The summed E-state index contributed by atoms with van der Waals surface area (Å²) in [5.41, 5.74) is 4.94. The van der Waals surface area contributed by atoms with E-state index in [9.17, 15) is 4.79 Å². The van der Waals surface area contributed by atoms with Gasteiger partial charge in [-0.3, -0.25) is 9.78 Å². The third-order valence-electron chi connectivity index (χ3n) is 4.83. The molecule has 2 aromatic heterocycles. The van der Waals surface area contributed by atoms with Crippen LogP contribution in [-0.2, 0) is 4.79 Å². The summed E-state index contributed by atoms with van der Waals surface area (Å²) in [5, 5.41) is 4.93. The largest absolute Gasteiger partial charge is 0.493 e. The fraction of sp³-hybridized carbons (Fsp3) is 0.167. The number of aromatic nitrogens is 1. The Balaban J connectivity index is 1.68. The number of aryl methyl sites for hydroxylation is 1. The Hall–Kier alpha value is -3.60. The van der Waals surface area contributed by atoms with E-state index in [1.165, 1.54) is 0 Å². The van der Waals surface area contributed by atoms with Crippen molar-refractivity contribution in [3.63, 3.8) is 0 Å². The predicted octanol–water partition coefficient (Wildman–Crippen LogP) is 5.73. The van der Waals surface area contributed by atoms with E-state index < -0.39 is 0 Å². The van der Waals surface area contributed by atoms with Crippen LogP contribution >= 0.6 is 0 Å². The van der Waals surface area contributed by atoms with Crippen molar-refractivity contribution in [2.45, 2.75) is 20.8 Å². The predicted molar refractivity (Wildman–Crippen MR) is 116 cm³/mol. The Labute approximate surface area is 169 Å². The minimum atomic E-state index is -0.216. The first-order chi connectivity index (χ1) is 14.1. The Morgan fingerprint density at radius 3 is 2.90 bits per heavy atom. The van der Waals surface area contributed by atoms with Gasteiger partial charge in [-0.1, -0.05) is 18.2 Å². The molecule has 29 heavy (non-hydrogen) atoms. The summed E-state index contributed by atoms with van der Waals surface area (Å²) < 4.78 is 11.4. The molecular weight excluding hydrogens is 364 g/mol. The summed E-state index contributed by atoms with van der Waals surface area (Å²) in [7, 11) is 0. The van der Waals surface area contributed by atoms with E-state index >= 15 is 0 Å². The topological polar surface area (TPSA) is 64.4 Å².